The number of hydrogen-bond acceptors (Lipinski definition) is 8. The number of aliphatic hydroxyl groups excluding tert-OH is 2. The van der Waals surface area contributed by atoms with Gasteiger partial charge in [0.15, 0.2) is 0 Å². The minimum atomic E-state index is -4.32. The zero-order valence-electron chi connectivity index (χ0n) is 28.8. The Morgan fingerprint density at radius 1 is 0.574 bits per heavy atom. The number of imidazole rings is 2. The summed E-state index contributed by atoms with van der Waals surface area (Å²) in [6.07, 6.45) is 7.84. The van der Waals surface area contributed by atoms with E-state index in [9.17, 15) is 27.0 Å². The van der Waals surface area contributed by atoms with Gasteiger partial charge in [0.1, 0.15) is 0 Å². The molecule has 0 spiro atoms. The maximum atomic E-state index is 13.4. The minimum Gasteiger partial charge on any atom is -0.388 e. The summed E-state index contributed by atoms with van der Waals surface area (Å²) in [5, 5.41) is 23.3. The van der Waals surface area contributed by atoms with Crippen molar-refractivity contribution in [2.24, 2.45) is 11.8 Å². The van der Waals surface area contributed by atoms with Gasteiger partial charge in [0.2, 0.25) is 0 Å². The van der Waals surface area contributed by atoms with E-state index in [1.165, 1.54) is 24.3 Å². The molecular weight excluding hydrogens is 725 g/mol. The average Bonchev–Trinajstić information content (AvgIpc) is 3.97. The molecule has 2 aliphatic heterocycles. The molecule has 6 atom stereocenters. The highest BCUT2D eigenvalue weighted by Gasteiger charge is 2.42. The average molecular weight is 761 g/mol. The number of aliphatic hydroxyl groups is 2. The molecule has 0 unspecified atom stereocenters. The zero-order valence-corrected chi connectivity index (χ0v) is 30.5. The number of nitrogens with one attached hydrogen (secondary N) is 2. The van der Waals surface area contributed by atoms with Crippen LogP contribution in [0.4, 0.5) is 0 Å². The molecule has 0 saturated carbocycles. The van der Waals surface area contributed by atoms with E-state index in [2.05, 4.69) is 53.0 Å². The quantitative estimate of drug-likeness (QED) is 0.165. The Labute approximate surface area is 312 Å². The van der Waals surface area contributed by atoms with Crippen LogP contribution in [0.25, 0.3) is 22.5 Å². The van der Waals surface area contributed by atoms with Gasteiger partial charge in [-0.05, 0) is 83.3 Å². The monoisotopic (exact) mass is 760 g/mol. The van der Waals surface area contributed by atoms with E-state index < -0.39 is 32.3 Å². The molecule has 10 rings (SSSR count). The zero-order chi connectivity index (χ0) is 36.9. The molecule has 4 aliphatic rings. The van der Waals surface area contributed by atoms with Crippen molar-refractivity contribution < 1.29 is 27.0 Å². The Morgan fingerprint density at radius 3 is 1.44 bits per heavy atom. The van der Waals surface area contributed by atoms with Crippen molar-refractivity contribution in [3.63, 3.8) is 0 Å². The highest BCUT2D eigenvalue weighted by Crippen LogP contribution is 2.51. The fourth-order valence-corrected chi connectivity index (χ4v) is 11.6. The number of sulfonamides is 2. The Morgan fingerprint density at radius 2 is 1.00 bits per heavy atom. The van der Waals surface area contributed by atoms with Gasteiger partial charge in [-0.1, -0.05) is 60.7 Å². The lowest BCUT2D eigenvalue weighted by Gasteiger charge is -2.35. The van der Waals surface area contributed by atoms with Crippen LogP contribution in [0.2, 0.25) is 0 Å². The number of aryl methyl sites for hydroxylation is 2. The SMILES string of the molecule is O=S(=O)(NNS(=O)(=O)c1ccc2c(c1)CC[C@H]([C@H]1c3ccccc3-c3cncn31)[C@@H]2O)c1ccc2c(c1)CC[C@@H]([C@@H]1c3ccccc3-c3cncn31)[C@@H]2O. The lowest BCUT2D eigenvalue weighted by Crippen LogP contribution is -2.41. The van der Waals surface area contributed by atoms with Crippen LogP contribution in [0, 0.1) is 11.8 Å². The van der Waals surface area contributed by atoms with Crippen LogP contribution < -0.4 is 9.66 Å². The molecule has 2 aromatic heterocycles. The molecular formula is C40H36N6O6S2. The van der Waals surface area contributed by atoms with Gasteiger partial charge < -0.3 is 19.3 Å². The molecule has 4 heterocycles. The van der Waals surface area contributed by atoms with Crippen molar-refractivity contribution in [1.29, 1.82) is 0 Å². The largest absolute Gasteiger partial charge is 0.388 e. The third-order valence-corrected chi connectivity index (χ3v) is 14.6. The number of fused-ring (bicyclic) bond motifs is 8. The molecule has 0 bridgehead atoms. The second-order valence-electron chi connectivity index (χ2n) is 14.7. The first-order valence-electron chi connectivity index (χ1n) is 18.0. The summed E-state index contributed by atoms with van der Waals surface area (Å²) >= 11 is 0. The van der Waals surface area contributed by atoms with E-state index in [0.29, 0.717) is 47.9 Å². The van der Waals surface area contributed by atoms with Gasteiger partial charge in [0.25, 0.3) is 20.0 Å². The second-order valence-corrected chi connectivity index (χ2v) is 18.0. The summed E-state index contributed by atoms with van der Waals surface area (Å²) < 4.78 is 58.0. The predicted octanol–water partition coefficient (Wildman–Crippen LogP) is 4.98. The van der Waals surface area contributed by atoms with Gasteiger partial charge in [-0.25, -0.2) is 26.8 Å². The Balaban J connectivity index is 0.847. The van der Waals surface area contributed by atoms with Gasteiger partial charge >= 0.3 is 0 Å². The third-order valence-electron chi connectivity index (χ3n) is 12.0. The van der Waals surface area contributed by atoms with Crippen LogP contribution in [0.15, 0.2) is 120 Å². The molecule has 4 aromatic carbocycles. The summed E-state index contributed by atoms with van der Waals surface area (Å²) in [4.78, 5) is 12.6. The molecule has 4 N–H and O–H groups in total. The van der Waals surface area contributed by atoms with Crippen molar-refractivity contribution in [2.45, 2.75) is 59.8 Å². The van der Waals surface area contributed by atoms with Crippen LogP contribution in [-0.4, -0.2) is 46.2 Å². The molecule has 0 radical (unpaired) electrons. The molecule has 6 aromatic rings. The molecule has 54 heavy (non-hydrogen) atoms. The number of benzene rings is 4. The first kappa shape index (κ1) is 33.6. The lowest BCUT2D eigenvalue weighted by molar-refractivity contribution is 0.0717. The second kappa shape index (κ2) is 12.3. The Kier molecular flexibility index (Phi) is 7.64. The van der Waals surface area contributed by atoms with Gasteiger partial charge in [-0.3, -0.25) is 0 Å². The summed E-state index contributed by atoms with van der Waals surface area (Å²) in [7, 11) is -8.65. The fraction of sp³-hybridized carbons (Fsp3) is 0.250. The first-order valence-corrected chi connectivity index (χ1v) is 20.9. The Hall–Kier alpha value is -4.96. The highest BCUT2D eigenvalue weighted by molar-refractivity contribution is 7.92. The van der Waals surface area contributed by atoms with E-state index in [1.807, 2.05) is 36.7 Å². The standard InChI is InChI=1S/C40H36N6O6S2/c47-39-27-15-11-25(17-23(27)9-13-33(39)37-31-7-3-1-5-29(31)35-19-41-21-45(35)37)53(49,50)43-44-54(51,52)26-12-16-28-24(18-26)10-14-34(40(28)48)38-32-8-4-2-6-30(32)36-20-42-22-46(36)38/h1-8,11-12,15-22,33-34,37-40,43-44,47-48H,9-10,13-14H2/t33-,34+,37-,38+,39-,40-/m1/s1. The number of hydrogen-bond donors (Lipinski definition) is 4. The summed E-state index contributed by atoms with van der Waals surface area (Å²) in [6, 6.07) is 25.0. The normalized spacial score (nSPS) is 23.9. The van der Waals surface area contributed by atoms with Crippen molar-refractivity contribution in [3.05, 3.63) is 143 Å². The van der Waals surface area contributed by atoms with Crippen LogP contribution in [0.3, 0.4) is 0 Å². The molecule has 0 saturated heterocycles. The summed E-state index contributed by atoms with van der Waals surface area (Å²) in [5.74, 6) is -0.317. The maximum Gasteiger partial charge on any atom is 0.254 e. The molecule has 12 nitrogen and oxygen atoms in total. The molecule has 0 amide bonds. The van der Waals surface area contributed by atoms with Crippen molar-refractivity contribution in [1.82, 2.24) is 28.8 Å². The summed E-state index contributed by atoms with van der Waals surface area (Å²) in [5.41, 5.74) is 9.13. The number of rotatable bonds is 7. The maximum absolute atomic E-state index is 13.4. The third kappa shape index (κ3) is 5.08. The van der Waals surface area contributed by atoms with Crippen LogP contribution >= 0.6 is 0 Å². The van der Waals surface area contributed by atoms with Crippen LogP contribution in [-0.2, 0) is 32.9 Å². The van der Waals surface area contributed by atoms with Gasteiger partial charge in [-0.15, -0.1) is 9.66 Å². The van der Waals surface area contributed by atoms with Crippen molar-refractivity contribution in [2.75, 3.05) is 0 Å². The van der Waals surface area contributed by atoms with Crippen molar-refractivity contribution >= 4 is 20.0 Å². The van der Waals surface area contributed by atoms with Gasteiger partial charge in [0, 0.05) is 23.0 Å². The van der Waals surface area contributed by atoms with Crippen molar-refractivity contribution in [3.8, 4) is 22.5 Å². The van der Waals surface area contributed by atoms with Crippen LogP contribution in [0.1, 0.15) is 70.5 Å². The number of hydrazine groups is 1. The lowest BCUT2D eigenvalue weighted by atomic mass is 9.76. The van der Waals surface area contributed by atoms with Gasteiger partial charge in [-0.2, -0.15) is 0 Å². The predicted molar refractivity (Wildman–Crippen MR) is 199 cm³/mol. The topological polar surface area (TPSA) is 168 Å². The molecule has 0 fully saturated rings. The van der Waals surface area contributed by atoms with Crippen LogP contribution in [0.5, 0.6) is 0 Å². The van der Waals surface area contributed by atoms with E-state index in [1.54, 1.807) is 24.8 Å². The Bertz CT molecular complexity index is 2520. The fourth-order valence-electron chi connectivity index (χ4n) is 9.44. The first-order chi connectivity index (χ1) is 26.1. The van der Waals surface area contributed by atoms with E-state index in [4.69, 9.17) is 0 Å². The van der Waals surface area contributed by atoms with E-state index in [-0.39, 0.29) is 33.7 Å². The van der Waals surface area contributed by atoms with E-state index >= 15 is 0 Å². The molecule has 274 valence electrons. The van der Waals surface area contributed by atoms with Gasteiger partial charge in [0.05, 0.1) is 70.5 Å². The summed E-state index contributed by atoms with van der Waals surface area (Å²) in [6.45, 7) is 0. The minimum absolute atomic E-state index is 0.107. The highest BCUT2D eigenvalue weighted by atomic mass is 32.2. The smallest absolute Gasteiger partial charge is 0.254 e. The number of aromatic nitrogens is 4. The molecule has 2 aliphatic carbocycles. The van der Waals surface area contributed by atoms with E-state index in [0.717, 1.165) is 33.6 Å². The molecule has 14 heteroatoms. The number of nitrogens with zero attached hydrogens (tertiary/aromatic N) is 4.